The van der Waals surface area contributed by atoms with Crippen LogP contribution in [0, 0.1) is 5.92 Å². The summed E-state index contributed by atoms with van der Waals surface area (Å²) in [5.74, 6) is 0.510. The van der Waals surface area contributed by atoms with Crippen LogP contribution in [0.4, 0.5) is 5.69 Å². The van der Waals surface area contributed by atoms with E-state index in [1.165, 1.54) is 12.8 Å². The van der Waals surface area contributed by atoms with Gasteiger partial charge in [-0.25, -0.2) is 0 Å². The summed E-state index contributed by atoms with van der Waals surface area (Å²) >= 11 is 11.9. The van der Waals surface area contributed by atoms with Crippen LogP contribution in [0.1, 0.15) is 23.2 Å². The van der Waals surface area contributed by atoms with Crippen LogP contribution in [0.15, 0.2) is 12.1 Å². The zero-order valence-electron chi connectivity index (χ0n) is 9.54. The molecule has 1 aromatic rings. The Bertz CT molecular complexity index is 458. The Morgan fingerprint density at radius 2 is 2.12 bits per heavy atom. The first-order valence-corrected chi connectivity index (χ1v) is 6.24. The lowest BCUT2D eigenvalue weighted by atomic mass is 10.1. The van der Waals surface area contributed by atoms with Crippen molar-refractivity contribution in [3.8, 4) is 0 Å². The van der Waals surface area contributed by atoms with Gasteiger partial charge in [-0.3, -0.25) is 4.79 Å². The monoisotopic (exact) mass is 272 g/mol. The minimum absolute atomic E-state index is 0.129. The molecule has 1 fully saturated rings. The van der Waals surface area contributed by atoms with Gasteiger partial charge in [-0.2, -0.15) is 0 Å². The number of hydrogen-bond acceptors (Lipinski definition) is 2. The first-order chi connectivity index (χ1) is 7.99. The highest BCUT2D eigenvalue weighted by Crippen LogP contribution is 2.32. The third kappa shape index (κ3) is 2.85. The highest BCUT2D eigenvalue weighted by atomic mass is 35.5. The summed E-state index contributed by atoms with van der Waals surface area (Å²) in [6, 6.07) is 3.11. The van der Waals surface area contributed by atoms with Crippen molar-refractivity contribution in [2.45, 2.75) is 12.8 Å². The van der Waals surface area contributed by atoms with Gasteiger partial charge in [0.05, 0.1) is 15.6 Å². The van der Waals surface area contributed by atoms with Gasteiger partial charge in [0.25, 0.3) is 5.91 Å². The van der Waals surface area contributed by atoms with Crippen LogP contribution >= 0.6 is 23.2 Å². The first kappa shape index (κ1) is 12.5. The normalized spacial score (nSPS) is 14.8. The van der Waals surface area contributed by atoms with Crippen molar-refractivity contribution in [3.63, 3.8) is 0 Å². The van der Waals surface area contributed by atoms with Gasteiger partial charge in [0, 0.05) is 19.3 Å². The van der Waals surface area contributed by atoms with Crippen LogP contribution in [-0.2, 0) is 0 Å². The number of anilines is 1. The molecule has 1 aliphatic carbocycles. The highest BCUT2D eigenvalue weighted by molar-refractivity contribution is 6.44. The lowest BCUT2D eigenvalue weighted by Crippen LogP contribution is -2.29. The number of rotatable bonds is 3. The van der Waals surface area contributed by atoms with E-state index in [-0.39, 0.29) is 10.9 Å². The average Bonchev–Trinajstić information content (AvgIpc) is 3.06. The quantitative estimate of drug-likeness (QED) is 0.860. The first-order valence-electron chi connectivity index (χ1n) is 5.49. The molecule has 0 bridgehead atoms. The highest BCUT2D eigenvalue weighted by Gasteiger charge is 2.26. The predicted octanol–water partition coefficient (Wildman–Crippen LogP) is 3.06. The van der Waals surface area contributed by atoms with Crippen LogP contribution in [0.25, 0.3) is 0 Å². The van der Waals surface area contributed by atoms with Crippen molar-refractivity contribution < 1.29 is 4.79 Å². The zero-order chi connectivity index (χ0) is 12.6. The molecule has 1 aromatic carbocycles. The van der Waals surface area contributed by atoms with Crippen molar-refractivity contribution >= 4 is 34.8 Å². The van der Waals surface area contributed by atoms with Gasteiger partial charge >= 0.3 is 0 Å². The fraction of sp³-hybridized carbons (Fsp3) is 0.417. The summed E-state index contributed by atoms with van der Waals surface area (Å²) < 4.78 is 0. The van der Waals surface area contributed by atoms with Crippen molar-refractivity contribution in [2.24, 2.45) is 5.92 Å². The lowest BCUT2D eigenvalue weighted by Gasteiger charge is -2.18. The van der Waals surface area contributed by atoms with Gasteiger partial charge in [-0.15, -0.1) is 0 Å². The van der Waals surface area contributed by atoms with Gasteiger partial charge in [0.2, 0.25) is 0 Å². The van der Waals surface area contributed by atoms with Gasteiger partial charge in [0.1, 0.15) is 0 Å². The van der Waals surface area contributed by atoms with Crippen molar-refractivity contribution in [1.82, 2.24) is 4.90 Å². The second kappa shape index (κ2) is 4.75. The molecule has 0 unspecified atom stereocenters. The van der Waals surface area contributed by atoms with Crippen molar-refractivity contribution in [2.75, 3.05) is 19.3 Å². The van der Waals surface area contributed by atoms with E-state index in [9.17, 15) is 4.79 Å². The summed E-state index contributed by atoms with van der Waals surface area (Å²) in [6.45, 7) is 0.765. The number of carbonyl (C=O) groups is 1. The maximum absolute atomic E-state index is 12.2. The van der Waals surface area contributed by atoms with E-state index < -0.39 is 0 Å². The summed E-state index contributed by atoms with van der Waals surface area (Å²) in [7, 11) is 1.77. The molecule has 0 atom stereocenters. The molecule has 0 aromatic heterocycles. The molecule has 1 aliphatic rings. The predicted molar refractivity (Wildman–Crippen MR) is 70.6 cm³/mol. The van der Waals surface area contributed by atoms with E-state index in [2.05, 4.69) is 0 Å². The lowest BCUT2D eigenvalue weighted by molar-refractivity contribution is 0.0789. The third-order valence-electron chi connectivity index (χ3n) is 2.86. The van der Waals surface area contributed by atoms with E-state index in [0.717, 1.165) is 6.54 Å². The van der Waals surface area contributed by atoms with Crippen LogP contribution in [0.5, 0.6) is 0 Å². The largest absolute Gasteiger partial charge is 0.399 e. The molecule has 0 aliphatic heterocycles. The second-order valence-electron chi connectivity index (χ2n) is 4.49. The summed E-state index contributed by atoms with van der Waals surface area (Å²) in [5.41, 5.74) is 6.49. The second-order valence-corrected chi connectivity index (χ2v) is 5.28. The number of nitrogens with zero attached hydrogens (tertiary/aromatic N) is 1. The van der Waals surface area contributed by atoms with Gasteiger partial charge < -0.3 is 10.6 Å². The van der Waals surface area contributed by atoms with E-state index >= 15 is 0 Å². The number of nitrogens with two attached hydrogens (primary N) is 1. The van der Waals surface area contributed by atoms with Crippen LogP contribution in [0.3, 0.4) is 0 Å². The molecule has 0 heterocycles. The molecular formula is C12H14Cl2N2O. The Balaban J connectivity index is 2.22. The molecule has 2 N–H and O–H groups in total. The van der Waals surface area contributed by atoms with E-state index in [1.54, 1.807) is 24.1 Å². The Kier molecular flexibility index (Phi) is 3.50. The molecule has 1 amide bonds. The molecule has 0 radical (unpaired) electrons. The molecule has 0 saturated heterocycles. The van der Waals surface area contributed by atoms with Gasteiger partial charge in [0.15, 0.2) is 0 Å². The summed E-state index contributed by atoms with van der Waals surface area (Å²) in [6.07, 6.45) is 2.39. The zero-order valence-corrected chi connectivity index (χ0v) is 11.1. The molecule has 3 nitrogen and oxygen atoms in total. The fourth-order valence-corrected chi connectivity index (χ4v) is 2.16. The van der Waals surface area contributed by atoms with Crippen LogP contribution < -0.4 is 5.73 Å². The molecular weight excluding hydrogens is 259 g/mol. The van der Waals surface area contributed by atoms with Gasteiger partial charge in [-0.1, -0.05) is 23.2 Å². The topological polar surface area (TPSA) is 46.3 Å². The summed E-state index contributed by atoms with van der Waals surface area (Å²) in [5, 5.41) is 0.586. The van der Waals surface area contributed by atoms with E-state index in [4.69, 9.17) is 28.9 Å². The molecule has 5 heteroatoms. The molecule has 2 rings (SSSR count). The maximum atomic E-state index is 12.2. The number of carbonyl (C=O) groups excluding carboxylic acids is 1. The number of hydrogen-bond donors (Lipinski definition) is 1. The molecule has 92 valence electrons. The van der Waals surface area contributed by atoms with Crippen molar-refractivity contribution in [1.29, 1.82) is 0 Å². The average molecular weight is 273 g/mol. The number of benzene rings is 1. The van der Waals surface area contributed by atoms with E-state index in [1.807, 2.05) is 0 Å². The Morgan fingerprint density at radius 3 is 2.71 bits per heavy atom. The summed E-state index contributed by atoms with van der Waals surface area (Å²) in [4.78, 5) is 13.8. The van der Waals surface area contributed by atoms with Crippen LogP contribution in [0.2, 0.25) is 10.0 Å². The standard InChI is InChI=1S/C12H14Cl2N2O/c1-16(6-7-2-3-7)12(17)9-4-8(15)5-10(13)11(9)14/h4-5,7H,2-3,6,15H2,1H3. The third-order valence-corrected chi connectivity index (χ3v) is 3.66. The molecule has 1 saturated carbocycles. The van der Waals surface area contributed by atoms with Crippen molar-refractivity contribution in [3.05, 3.63) is 27.7 Å². The Hall–Kier alpha value is -0.930. The SMILES string of the molecule is CN(CC1CC1)C(=O)c1cc(N)cc(Cl)c1Cl. The molecule has 17 heavy (non-hydrogen) atoms. The minimum Gasteiger partial charge on any atom is -0.399 e. The Morgan fingerprint density at radius 1 is 1.47 bits per heavy atom. The fourth-order valence-electron chi connectivity index (χ4n) is 1.74. The number of amides is 1. The minimum atomic E-state index is -0.129. The Labute approximate surface area is 110 Å². The molecule has 0 spiro atoms. The van der Waals surface area contributed by atoms with E-state index in [0.29, 0.717) is 22.2 Å². The smallest absolute Gasteiger partial charge is 0.255 e. The number of halogens is 2. The van der Waals surface area contributed by atoms with Crippen LogP contribution in [-0.4, -0.2) is 24.4 Å². The maximum Gasteiger partial charge on any atom is 0.255 e. The van der Waals surface area contributed by atoms with Gasteiger partial charge in [-0.05, 0) is 30.9 Å². The number of nitrogen functional groups attached to an aromatic ring is 1.